The van der Waals surface area contributed by atoms with E-state index in [-0.39, 0.29) is 5.91 Å². The van der Waals surface area contributed by atoms with Crippen LogP contribution in [-0.4, -0.2) is 34.6 Å². The van der Waals surface area contributed by atoms with Crippen LogP contribution in [0.25, 0.3) is 11.1 Å². The van der Waals surface area contributed by atoms with Crippen molar-refractivity contribution in [3.63, 3.8) is 0 Å². The van der Waals surface area contributed by atoms with Gasteiger partial charge in [0, 0.05) is 22.8 Å². The Balaban J connectivity index is 1.59. The van der Waals surface area contributed by atoms with E-state index >= 15 is 0 Å². The molecule has 0 spiro atoms. The lowest BCUT2D eigenvalue weighted by Crippen LogP contribution is -2.22. The van der Waals surface area contributed by atoms with Crippen LogP contribution in [0.3, 0.4) is 0 Å². The highest BCUT2D eigenvalue weighted by Gasteiger charge is 2.35. The minimum Gasteiger partial charge on any atom is -0.408 e. The van der Waals surface area contributed by atoms with Gasteiger partial charge in [0.2, 0.25) is 5.91 Å². The Morgan fingerprint density at radius 3 is 2.54 bits per heavy atom. The van der Waals surface area contributed by atoms with Gasteiger partial charge < -0.3 is 9.73 Å². The van der Waals surface area contributed by atoms with Crippen molar-refractivity contribution in [3.05, 3.63) is 92.9 Å². The van der Waals surface area contributed by atoms with Gasteiger partial charge in [0.15, 0.2) is 5.58 Å². The number of hydrogen-bond acceptors (Lipinski definition) is 5. The van der Waals surface area contributed by atoms with Gasteiger partial charge in [-0.2, -0.15) is 0 Å². The molecule has 7 nitrogen and oxygen atoms in total. The van der Waals surface area contributed by atoms with E-state index < -0.39 is 11.7 Å². The predicted octanol–water partition coefficient (Wildman–Crippen LogP) is 5.47. The first kappa shape index (κ1) is 23.1. The number of hydrogen-bond donors (Lipinski definition) is 2. The Labute approximate surface area is 207 Å². The highest BCUT2D eigenvalue weighted by atomic mass is 35.5. The Morgan fingerprint density at radius 2 is 1.80 bits per heavy atom. The quantitative estimate of drug-likeness (QED) is 0.337. The molecule has 1 atom stereocenters. The molecule has 0 saturated heterocycles. The normalized spacial score (nSPS) is 15.6. The van der Waals surface area contributed by atoms with E-state index in [4.69, 9.17) is 21.0 Å². The number of aromatic nitrogens is 1. The molecule has 3 aromatic carbocycles. The number of H-pyrrole nitrogens is 1. The van der Waals surface area contributed by atoms with Gasteiger partial charge >= 0.3 is 5.76 Å². The summed E-state index contributed by atoms with van der Waals surface area (Å²) >= 11 is 6.15. The molecule has 5 rings (SSSR count). The molecule has 8 heteroatoms. The fourth-order valence-electron chi connectivity index (χ4n) is 4.43. The van der Waals surface area contributed by atoms with Crippen molar-refractivity contribution in [3.8, 4) is 0 Å². The molecule has 1 unspecified atom stereocenters. The molecular formula is C27H25ClN4O3. The summed E-state index contributed by atoms with van der Waals surface area (Å²) in [5, 5.41) is 3.46. The molecular weight excluding hydrogens is 464 g/mol. The number of halogens is 1. The highest BCUT2D eigenvalue weighted by molar-refractivity contribution is 6.31. The van der Waals surface area contributed by atoms with Crippen LogP contribution >= 0.6 is 11.6 Å². The molecule has 2 N–H and O–H groups in total. The molecule has 0 radical (unpaired) electrons. The molecule has 2 heterocycles. The third-order valence-corrected chi connectivity index (χ3v) is 6.56. The maximum atomic E-state index is 13.1. The fraction of sp³-hybridized carbons (Fsp3) is 0.222. The van der Waals surface area contributed by atoms with Crippen molar-refractivity contribution in [2.75, 3.05) is 18.4 Å². The first-order valence-electron chi connectivity index (χ1n) is 11.6. The van der Waals surface area contributed by atoms with Crippen molar-refractivity contribution in [1.29, 1.82) is 0 Å². The Morgan fingerprint density at radius 1 is 1.03 bits per heavy atom. The van der Waals surface area contributed by atoms with E-state index in [1.807, 2.05) is 24.3 Å². The maximum absolute atomic E-state index is 13.1. The second-order valence-corrected chi connectivity index (χ2v) is 8.94. The summed E-state index contributed by atoms with van der Waals surface area (Å²) < 4.78 is 5.27. The maximum Gasteiger partial charge on any atom is 0.417 e. The van der Waals surface area contributed by atoms with Crippen LogP contribution < -0.4 is 11.1 Å². The van der Waals surface area contributed by atoms with Crippen molar-refractivity contribution in [2.24, 2.45) is 4.99 Å². The van der Waals surface area contributed by atoms with Crippen LogP contribution in [0.5, 0.6) is 0 Å². The Hall–Kier alpha value is -3.68. The van der Waals surface area contributed by atoms with Crippen molar-refractivity contribution < 1.29 is 9.21 Å². The number of anilines is 1. The zero-order chi connectivity index (χ0) is 24.5. The number of oxazole rings is 1. The largest absolute Gasteiger partial charge is 0.417 e. The molecule has 4 aromatic rings. The minimum absolute atomic E-state index is 0.185. The topological polar surface area (TPSA) is 90.7 Å². The molecule has 1 aromatic heterocycles. The number of aliphatic imine (C=N–C) groups is 1. The molecule has 1 aliphatic heterocycles. The van der Waals surface area contributed by atoms with Crippen LogP contribution in [0.15, 0.2) is 74.9 Å². The van der Waals surface area contributed by atoms with Gasteiger partial charge in [0.25, 0.3) is 0 Å². The van der Waals surface area contributed by atoms with E-state index in [0.717, 1.165) is 30.9 Å². The Bertz CT molecular complexity index is 1480. The number of amides is 1. The van der Waals surface area contributed by atoms with Crippen LogP contribution in [0.4, 0.5) is 11.4 Å². The van der Waals surface area contributed by atoms with Gasteiger partial charge in [-0.1, -0.05) is 49.7 Å². The molecule has 1 amide bonds. The van der Waals surface area contributed by atoms with E-state index in [1.54, 1.807) is 24.3 Å². The lowest BCUT2D eigenvalue weighted by molar-refractivity contribution is -0.115. The van der Waals surface area contributed by atoms with Crippen LogP contribution in [0, 0.1) is 0 Å². The van der Waals surface area contributed by atoms with Gasteiger partial charge in [-0.15, -0.1) is 0 Å². The minimum atomic E-state index is -0.638. The Kier molecular flexibility index (Phi) is 6.28. The van der Waals surface area contributed by atoms with Gasteiger partial charge in [-0.3, -0.25) is 19.7 Å². The van der Waals surface area contributed by atoms with Crippen LogP contribution in [0.2, 0.25) is 5.02 Å². The zero-order valence-electron chi connectivity index (χ0n) is 19.5. The molecule has 0 bridgehead atoms. The first-order chi connectivity index (χ1) is 16.9. The number of carbonyl (C=O) groups is 1. The van der Waals surface area contributed by atoms with Crippen molar-refractivity contribution in [1.82, 2.24) is 9.88 Å². The number of aromatic amines is 1. The molecule has 35 heavy (non-hydrogen) atoms. The lowest BCUT2D eigenvalue weighted by Gasteiger charge is -2.18. The zero-order valence-corrected chi connectivity index (χ0v) is 20.2. The molecule has 0 saturated carbocycles. The van der Waals surface area contributed by atoms with Crippen molar-refractivity contribution in [2.45, 2.75) is 26.3 Å². The number of nitrogens with one attached hydrogen (secondary N) is 2. The average molecular weight is 489 g/mol. The second kappa shape index (κ2) is 9.52. The summed E-state index contributed by atoms with van der Waals surface area (Å²) in [4.78, 5) is 34.7. The van der Waals surface area contributed by atoms with E-state index in [2.05, 4.69) is 41.2 Å². The lowest BCUT2D eigenvalue weighted by atomic mass is 9.90. The third kappa shape index (κ3) is 4.65. The van der Waals surface area contributed by atoms with E-state index in [0.29, 0.717) is 33.1 Å². The SMILES string of the molecule is CCN(CC)Cc1ccc(N=C(c2ccc3[nH]c(=O)oc3c2)C2C(=O)Nc3cc(Cl)ccc32)cc1. The first-order valence-corrected chi connectivity index (χ1v) is 12.0. The van der Waals surface area contributed by atoms with E-state index in [1.165, 1.54) is 5.56 Å². The monoisotopic (exact) mass is 488 g/mol. The number of carbonyl (C=O) groups excluding carboxylic acids is 1. The molecule has 1 aliphatic rings. The fourth-order valence-corrected chi connectivity index (χ4v) is 4.60. The summed E-state index contributed by atoms with van der Waals surface area (Å²) in [5.74, 6) is -1.35. The van der Waals surface area contributed by atoms with Gasteiger partial charge in [-0.25, -0.2) is 4.79 Å². The van der Waals surface area contributed by atoms with Gasteiger partial charge in [0.1, 0.15) is 5.92 Å². The van der Waals surface area contributed by atoms with Crippen molar-refractivity contribution >= 4 is 45.7 Å². The molecule has 178 valence electrons. The van der Waals surface area contributed by atoms with Crippen LogP contribution in [-0.2, 0) is 11.3 Å². The number of fused-ring (bicyclic) bond motifs is 2. The summed E-state index contributed by atoms with van der Waals surface area (Å²) in [5.41, 5.74) is 5.64. The number of benzene rings is 3. The number of nitrogens with zero attached hydrogens (tertiary/aromatic N) is 2. The summed E-state index contributed by atoms with van der Waals surface area (Å²) in [6.07, 6.45) is 0. The number of rotatable bonds is 7. The summed E-state index contributed by atoms with van der Waals surface area (Å²) in [7, 11) is 0. The average Bonchev–Trinajstić information content (AvgIpc) is 3.38. The van der Waals surface area contributed by atoms with E-state index in [9.17, 15) is 9.59 Å². The molecule has 0 fully saturated rings. The van der Waals surface area contributed by atoms with Gasteiger partial charge in [-0.05, 0) is 60.6 Å². The highest BCUT2D eigenvalue weighted by Crippen LogP contribution is 2.38. The standard InChI is InChI=1S/C27H25ClN4O3/c1-3-32(4-2)15-16-5-9-19(10-6-16)29-25(17-7-12-21-23(13-17)35-27(34)31-21)24-20-11-8-18(28)14-22(20)30-26(24)33/h5-14,24H,3-4,15H2,1-2H3,(H,30,33)(H,31,34). The smallest absolute Gasteiger partial charge is 0.408 e. The molecule has 0 aliphatic carbocycles. The summed E-state index contributed by atoms with van der Waals surface area (Å²) in [6.45, 7) is 7.13. The van der Waals surface area contributed by atoms with Gasteiger partial charge in [0.05, 0.1) is 16.9 Å². The second-order valence-electron chi connectivity index (χ2n) is 8.50. The predicted molar refractivity (Wildman–Crippen MR) is 139 cm³/mol. The van der Waals surface area contributed by atoms with Crippen LogP contribution in [0.1, 0.15) is 36.5 Å². The third-order valence-electron chi connectivity index (χ3n) is 6.32. The summed E-state index contributed by atoms with van der Waals surface area (Å²) in [6, 6.07) is 18.7.